The molecule has 0 saturated heterocycles. The van der Waals surface area contributed by atoms with E-state index in [0.717, 1.165) is 18.7 Å². The van der Waals surface area contributed by atoms with E-state index < -0.39 is 5.82 Å². The minimum absolute atomic E-state index is 0.356. The van der Waals surface area contributed by atoms with E-state index >= 15 is 0 Å². The molecule has 0 bridgehead atoms. The lowest BCUT2D eigenvalue weighted by Gasteiger charge is -2.20. The van der Waals surface area contributed by atoms with Crippen molar-refractivity contribution in [2.45, 2.75) is 19.9 Å². The largest absolute Gasteiger partial charge is 0.393 e. The molecule has 2 nitrogen and oxygen atoms in total. The van der Waals surface area contributed by atoms with Gasteiger partial charge < -0.3 is 5.73 Å². The first-order valence-corrected chi connectivity index (χ1v) is 5.88. The number of thiocarbonyl (C=S) groups is 1. The molecule has 0 unspecified atom stereocenters. The van der Waals surface area contributed by atoms with Gasteiger partial charge in [0.05, 0.1) is 4.99 Å². The second-order valence-electron chi connectivity index (χ2n) is 3.82. The van der Waals surface area contributed by atoms with Crippen LogP contribution in [0.25, 0.3) is 0 Å². The van der Waals surface area contributed by atoms with E-state index in [2.05, 4.69) is 0 Å². The lowest BCUT2D eigenvalue weighted by atomic mass is 10.2. The predicted molar refractivity (Wildman–Crippen MR) is 68.7 cm³/mol. The third-order valence-corrected chi connectivity index (χ3v) is 2.73. The number of hydrogen-bond donors (Lipinski definition) is 1. The van der Waals surface area contributed by atoms with Gasteiger partial charge in [-0.05, 0) is 24.7 Å². The maximum Gasteiger partial charge on any atom is 0.127 e. The molecular formula is C12H16F2N2S. The molecule has 1 aromatic carbocycles. The Labute approximate surface area is 105 Å². The van der Waals surface area contributed by atoms with Crippen LogP contribution in [0.15, 0.2) is 18.2 Å². The van der Waals surface area contributed by atoms with Crippen LogP contribution in [-0.2, 0) is 6.54 Å². The average molecular weight is 258 g/mol. The number of hydrogen-bond acceptors (Lipinski definition) is 2. The van der Waals surface area contributed by atoms with Crippen LogP contribution in [0.1, 0.15) is 18.9 Å². The summed E-state index contributed by atoms with van der Waals surface area (Å²) in [5, 5.41) is 0. The van der Waals surface area contributed by atoms with Crippen molar-refractivity contribution < 1.29 is 8.78 Å². The summed E-state index contributed by atoms with van der Waals surface area (Å²) < 4.78 is 26.4. The number of nitrogens with two attached hydrogens (primary N) is 1. The smallest absolute Gasteiger partial charge is 0.127 e. The van der Waals surface area contributed by atoms with Crippen LogP contribution in [0.3, 0.4) is 0 Å². The molecule has 0 fully saturated rings. The van der Waals surface area contributed by atoms with Gasteiger partial charge in [0.25, 0.3) is 0 Å². The van der Waals surface area contributed by atoms with Crippen LogP contribution in [-0.4, -0.2) is 23.0 Å². The Bertz CT molecular complexity index is 396. The molecule has 2 N–H and O–H groups in total. The van der Waals surface area contributed by atoms with Crippen molar-refractivity contribution in [1.82, 2.24) is 4.90 Å². The first kappa shape index (κ1) is 14.0. The highest BCUT2D eigenvalue weighted by atomic mass is 32.1. The summed E-state index contributed by atoms with van der Waals surface area (Å²) in [6.45, 7) is 3.71. The number of nitrogens with zero attached hydrogens (tertiary/aromatic N) is 1. The molecule has 5 heteroatoms. The Kier molecular flexibility index (Phi) is 5.44. The SMILES string of the molecule is CCN(CCC(N)=S)Cc1cc(F)ccc1F. The fourth-order valence-electron chi connectivity index (χ4n) is 1.52. The van der Waals surface area contributed by atoms with Gasteiger partial charge in [0.1, 0.15) is 11.6 Å². The van der Waals surface area contributed by atoms with E-state index in [1.807, 2.05) is 11.8 Å². The van der Waals surface area contributed by atoms with Gasteiger partial charge in [-0.2, -0.15) is 0 Å². The van der Waals surface area contributed by atoms with E-state index in [1.165, 1.54) is 6.07 Å². The molecule has 0 aromatic heterocycles. The van der Waals surface area contributed by atoms with Crippen LogP contribution < -0.4 is 5.73 Å². The van der Waals surface area contributed by atoms with Gasteiger partial charge in [0, 0.05) is 25.1 Å². The summed E-state index contributed by atoms with van der Waals surface area (Å²) in [5.41, 5.74) is 5.77. The minimum Gasteiger partial charge on any atom is -0.393 e. The Hall–Kier alpha value is -1.07. The fourth-order valence-corrected chi connectivity index (χ4v) is 1.61. The van der Waals surface area contributed by atoms with Gasteiger partial charge in [0.15, 0.2) is 0 Å². The van der Waals surface area contributed by atoms with Crippen molar-refractivity contribution in [3.05, 3.63) is 35.4 Å². The molecular weight excluding hydrogens is 242 g/mol. The summed E-state index contributed by atoms with van der Waals surface area (Å²) in [7, 11) is 0. The number of rotatable bonds is 6. The van der Waals surface area contributed by atoms with E-state index in [-0.39, 0.29) is 5.82 Å². The molecule has 17 heavy (non-hydrogen) atoms. The van der Waals surface area contributed by atoms with Crippen LogP contribution in [0.2, 0.25) is 0 Å². The summed E-state index contributed by atoms with van der Waals surface area (Å²) in [6, 6.07) is 3.48. The van der Waals surface area contributed by atoms with Gasteiger partial charge >= 0.3 is 0 Å². The topological polar surface area (TPSA) is 29.3 Å². The maximum absolute atomic E-state index is 13.4. The molecule has 0 radical (unpaired) electrons. The quantitative estimate of drug-likeness (QED) is 0.795. The third kappa shape index (κ3) is 4.75. The zero-order valence-corrected chi connectivity index (χ0v) is 10.6. The first-order chi connectivity index (χ1) is 8.02. The van der Waals surface area contributed by atoms with Gasteiger partial charge in [-0.1, -0.05) is 19.1 Å². The molecule has 1 rings (SSSR count). The molecule has 0 amide bonds. The third-order valence-electron chi connectivity index (χ3n) is 2.52. The fraction of sp³-hybridized carbons (Fsp3) is 0.417. The lowest BCUT2D eigenvalue weighted by molar-refractivity contribution is 0.284. The van der Waals surface area contributed by atoms with Gasteiger partial charge in [-0.3, -0.25) is 4.90 Å². The first-order valence-electron chi connectivity index (χ1n) is 5.47. The van der Waals surface area contributed by atoms with E-state index in [4.69, 9.17) is 18.0 Å². The molecule has 0 aliphatic carbocycles. The summed E-state index contributed by atoms with van der Waals surface area (Å²) in [4.78, 5) is 2.40. The highest BCUT2D eigenvalue weighted by Gasteiger charge is 2.09. The van der Waals surface area contributed by atoms with E-state index in [0.29, 0.717) is 30.1 Å². The zero-order valence-electron chi connectivity index (χ0n) is 9.75. The lowest BCUT2D eigenvalue weighted by Crippen LogP contribution is -2.27. The normalized spacial score (nSPS) is 10.8. The van der Waals surface area contributed by atoms with Crippen LogP contribution >= 0.6 is 12.2 Å². The molecule has 94 valence electrons. The minimum atomic E-state index is -0.424. The number of halogens is 2. The highest BCUT2D eigenvalue weighted by molar-refractivity contribution is 7.80. The van der Waals surface area contributed by atoms with Crippen LogP contribution in [0.4, 0.5) is 8.78 Å². The van der Waals surface area contributed by atoms with Crippen molar-refractivity contribution >= 4 is 17.2 Å². The van der Waals surface area contributed by atoms with Gasteiger partial charge in [-0.15, -0.1) is 0 Å². The summed E-state index contributed by atoms with van der Waals surface area (Å²) in [6.07, 6.45) is 0.583. The van der Waals surface area contributed by atoms with E-state index in [1.54, 1.807) is 0 Å². The Morgan fingerprint density at radius 3 is 2.71 bits per heavy atom. The standard InChI is InChI=1S/C12H16F2N2S/c1-2-16(6-5-12(15)17)8-9-7-10(13)3-4-11(9)14/h3-4,7H,2,5-6,8H2,1H3,(H2,15,17). The van der Waals surface area contributed by atoms with Crippen molar-refractivity contribution in [1.29, 1.82) is 0 Å². The maximum atomic E-state index is 13.4. The summed E-state index contributed by atoms with van der Waals surface area (Å²) >= 11 is 4.79. The van der Waals surface area contributed by atoms with Crippen molar-refractivity contribution in [3.63, 3.8) is 0 Å². The monoisotopic (exact) mass is 258 g/mol. The van der Waals surface area contributed by atoms with Crippen molar-refractivity contribution in [2.24, 2.45) is 5.73 Å². The molecule has 0 atom stereocenters. The van der Waals surface area contributed by atoms with Crippen molar-refractivity contribution in [3.8, 4) is 0 Å². The molecule has 0 heterocycles. The van der Waals surface area contributed by atoms with E-state index in [9.17, 15) is 8.78 Å². The molecule has 0 aliphatic rings. The second-order valence-corrected chi connectivity index (χ2v) is 4.35. The summed E-state index contributed by atoms with van der Waals surface area (Å²) in [5.74, 6) is -0.813. The predicted octanol–water partition coefficient (Wildman–Crippen LogP) is 2.46. The highest BCUT2D eigenvalue weighted by Crippen LogP contribution is 2.12. The Morgan fingerprint density at radius 1 is 1.41 bits per heavy atom. The Balaban J connectivity index is 2.66. The zero-order chi connectivity index (χ0) is 12.8. The second kappa shape index (κ2) is 6.61. The molecule has 0 spiro atoms. The molecule has 0 aliphatic heterocycles. The average Bonchev–Trinajstić information content (AvgIpc) is 2.28. The van der Waals surface area contributed by atoms with Gasteiger partial charge in [0.2, 0.25) is 0 Å². The van der Waals surface area contributed by atoms with Gasteiger partial charge in [-0.25, -0.2) is 8.78 Å². The molecule has 1 aromatic rings. The Morgan fingerprint density at radius 2 is 2.12 bits per heavy atom. The number of benzene rings is 1. The molecule has 0 saturated carbocycles. The van der Waals surface area contributed by atoms with Crippen LogP contribution in [0.5, 0.6) is 0 Å². The van der Waals surface area contributed by atoms with Crippen molar-refractivity contribution in [2.75, 3.05) is 13.1 Å². The van der Waals surface area contributed by atoms with Crippen LogP contribution in [0, 0.1) is 11.6 Å².